The van der Waals surface area contributed by atoms with Gasteiger partial charge in [0, 0.05) is 22.8 Å². The summed E-state index contributed by atoms with van der Waals surface area (Å²) in [5, 5.41) is 5.98. The van der Waals surface area contributed by atoms with E-state index in [2.05, 4.69) is 24.5 Å². The van der Waals surface area contributed by atoms with Gasteiger partial charge in [0.15, 0.2) is 5.76 Å². The maximum Gasteiger partial charge on any atom is 0.291 e. The molecular weight excluding hydrogens is 474 g/mol. The molecule has 7 nitrogen and oxygen atoms in total. The van der Waals surface area contributed by atoms with Gasteiger partial charge in [-0.05, 0) is 59.9 Å². The predicted octanol–water partition coefficient (Wildman–Crippen LogP) is 6.10. The van der Waals surface area contributed by atoms with Crippen LogP contribution in [0.15, 0.2) is 86.8 Å². The van der Waals surface area contributed by atoms with Gasteiger partial charge in [-0.1, -0.05) is 57.7 Å². The smallest absolute Gasteiger partial charge is 0.291 e. The van der Waals surface area contributed by atoms with Crippen LogP contribution in [0.25, 0.3) is 0 Å². The molecule has 8 heteroatoms. The van der Waals surface area contributed by atoms with Crippen molar-refractivity contribution in [1.29, 1.82) is 0 Å². The molecule has 3 amide bonds. The number of anilines is 2. The number of amides is 3. The molecule has 0 saturated heterocycles. The van der Waals surface area contributed by atoms with Crippen molar-refractivity contribution < 1.29 is 18.8 Å². The second kappa shape index (κ2) is 10.9. The summed E-state index contributed by atoms with van der Waals surface area (Å²) in [5.74, 6) is -0.318. The standard InChI is InChI=1S/C28H29N3O4S/c1-17(2)16-31-27(33)24(29-20-12-10-19(11-13-20)18(3)4)25(28(31)34)36-22-8-5-7-21(15-22)30-26(32)23-9-6-14-35-23/h5-15,17-18,29H,16H2,1-4H3,(H,30,32). The van der Waals surface area contributed by atoms with Crippen molar-refractivity contribution in [2.45, 2.75) is 38.5 Å². The molecule has 36 heavy (non-hydrogen) atoms. The Hall–Kier alpha value is -3.78. The third-order valence-electron chi connectivity index (χ3n) is 5.58. The fourth-order valence-electron chi connectivity index (χ4n) is 3.74. The van der Waals surface area contributed by atoms with Crippen LogP contribution in [0, 0.1) is 5.92 Å². The number of carbonyl (C=O) groups excluding carboxylic acids is 3. The second-order valence-corrected chi connectivity index (χ2v) is 10.4. The number of hydrogen-bond acceptors (Lipinski definition) is 6. The average Bonchev–Trinajstić information content (AvgIpc) is 3.45. The zero-order chi connectivity index (χ0) is 25.8. The molecule has 2 aromatic carbocycles. The summed E-state index contributed by atoms with van der Waals surface area (Å²) in [5.41, 5.74) is 2.73. The Bertz CT molecular complexity index is 1290. The van der Waals surface area contributed by atoms with Gasteiger partial charge in [0.05, 0.1) is 6.26 Å². The fourth-order valence-corrected chi connectivity index (χ4v) is 4.75. The Labute approximate surface area is 214 Å². The summed E-state index contributed by atoms with van der Waals surface area (Å²) in [4.78, 5) is 41.3. The zero-order valence-corrected chi connectivity index (χ0v) is 21.5. The van der Waals surface area contributed by atoms with Crippen LogP contribution >= 0.6 is 11.8 Å². The summed E-state index contributed by atoms with van der Waals surface area (Å²) in [6.45, 7) is 8.50. The minimum Gasteiger partial charge on any atom is -0.459 e. The molecule has 0 saturated carbocycles. The van der Waals surface area contributed by atoms with Gasteiger partial charge in [-0.3, -0.25) is 19.3 Å². The van der Waals surface area contributed by atoms with Crippen molar-refractivity contribution in [3.05, 3.63) is 88.9 Å². The number of imide groups is 1. The largest absolute Gasteiger partial charge is 0.459 e. The van der Waals surface area contributed by atoms with E-state index in [4.69, 9.17) is 4.42 Å². The minimum atomic E-state index is -0.371. The molecule has 0 unspecified atom stereocenters. The molecule has 186 valence electrons. The van der Waals surface area contributed by atoms with Crippen molar-refractivity contribution in [3.63, 3.8) is 0 Å². The Balaban J connectivity index is 1.61. The van der Waals surface area contributed by atoms with Crippen LogP contribution in [0.1, 0.15) is 49.7 Å². The van der Waals surface area contributed by atoms with E-state index >= 15 is 0 Å². The number of thioether (sulfide) groups is 1. The van der Waals surface area contributed by atoms with Crippen LogP contribution in [-0.4, -0.2) is 29.2 Å². The van der Waals surface area contributed by atoms with Crippen molar-refractivity contribution in [1.82, 2.24) is 4.90 Å². The quantitative estimate of drug-likeness (QED) is 0.343. The van der Waals surface area contributed by atoms with Gasteiger partial charge in [-0.25, -0.2) is 0 Å². The predicted molar refractivity (Wildman–Crippen MR) is 142 cm³/mol. The lowest BCUT2D eigenvalue weighted by Crippen LogP contribution is -2.35. The third kappa shape index (κ3) is 5.71. The second-order valence-electron chi connectivity index (χ2n) is 9.28. The molecule has 1 aliphatic heterocycles. The molecule has 2 N–H and O–H groups in total. The average molecular weight is 504 g/mol. The van der Waals surface area contributed by atoms with E-state index < -0.39 is 0 Å². The number of carbonyl (C=O) groups is 3. The SMILES string of the molecule is CC(C)CN1C(=O)C(Nc2ccc(C(C)C)cc2)=C(Sc2cccc(NC(=O)c3ccco3)c2)C1=O. The molecule has 0 aliphatic carbocycles. The molecule has 0 atom stereocenters. The van der Waals surface area contributed by atoms with E-state index in [1.807, 2.05) is 44.2 Å². The molecule has 0 spiro atoms. The first-order valence-electron chi connectivity index (χ1n) is 11.8. The van der Waals surface area contributed by atoms with Gasteiger partial charge >= 0.3 is 0 Å². The van der Waals surface area contributed by atoms with Gasteiger partial charge < -0.3 is 15.1 Å². The molecule has 4 rings (SSSR count). The molecule has 3 aromatic rings. The van der Waals surface area contributed by atoms with Gasteiger partial charge in [-0.2, -0.15) is 0 Å². The van der Waals surface area contributed by atoms with Gasteiger partial charge in [0.1, 0.15) is 10.6 Å². The maximum absolute atomic E-state index is 13.3. The molecule has 0 radical (unpaired) electrons. The molecule has 1 aliphatic rings. The Morgan fingerprint density at radius 1 is 0.944 bits per heavy atom. The normalized spacial score (nSPS) is 13.8. The van der Waals surface area contributed by atoms with Crippen LogP contribution < -0.4 is 10.6 Å². The Morgan fingerprint density at radius 3 is 2.33 bits per heavy atom. The number of benzene rings is 2. The van der Waals surface area contributed by atoms with E-state index in [0.717, 1.165) is 5.69 Å². The number of rotatable bonds is 9. The summed E-state index contributed by atoms with van der Waals surface area (Å²) in [7, 11) is 0. The third-order valence-corrected chi connectivity index (χ3v) is 6.65. The highest BCUT2D eigenvalue weighted by Crippen LogP contribution is 2.37. The highest BCUT2D eigenvalue weighted by Gasteiger charge is 2.39. The van der Waals surface area contributed by atoms with Crippen molar-refractivity contribution in [2.75, 3.05) is 17.2 Å². The van der Waals surface area contributed by atoms with E-state index in [9.17, 15) is 14.4 Å². The van der Waals surface area contributed by atoms with E-state index in [0.29, 0.717) is 28.0 Å². The van der Waals surface area contributed by atoms with E-state index in [-0.39, 0.29) is 35.1 Å². The number of hydrogen-bond donors (Lipinski definition) is 2. The zero-order valence-electron chi connectivity index (χ0n) is 20.7. The van der Waals surface area contributed by atoms with Crippen molar-refractivity contribution >= 4 is 40.9 Å². The maximum atomic E-state index is 13.3. The summed E-state index contributed by atoms with van der Waals surface area (Å²) in [6, 6.07) is 18.2. The number of nitrogens with one attached hydrogen (secondary N) is 2. The lowest BCUT2D eigenvalue weighted by atomic mass is 10.0. The lowest BCUT2D eigenvalue weighted by Gasteiger charge is -2.17. The number of furan rings is 1. The van der Waals surface area contributed by atoms with Crippen molar-refractivity contribution in [3.8, 4) is 0 Å². The molecular formula is C28H29N3O4S. The fraction of sp³-hybridized carbons (Fsp3) is 0.250. The first-order chi connectivity index (χ1) is 17.2. The van der Waals surface area contributed by atoms with Crippen LogP contribution in [0.3, 0.4) is 0 Å². The van der Waals surface area contributed by atoms with Gasteiger partial charge in [-0.15, -0.1) is 0 Å². The van der Waals surface area contributed by atoms with E-state index in [1.165, 1.54) is 28.5 Å². The lowest BCUT2D eigenvalue weighted by molar-refractivity contribution is -0.137. The van der Waals surface area contributed by atoms with E-state index in [1.54, 1.807) is 30.3 Å². The molecule has 0 bridgehead atoms. The summed E-state index contributed by atoms with van der Waals surface area (Å²) in [6.07, 6.45) is 1.43. The highest BCUT2D eigenvalue weighted by atomic mass is 32.2. The first-order valence-corrected chi connectivity index (χ1v) is 12.6. The van der Waals surface area contributed by atoms with Crippen LogP contribution in [0.2, 0.25) is 0 Å². The number of nitrogens with zero attached hydrogens (tertiary/aromatic N) is 1. The van der Waals surface area contributed by atoms with Crippen molar-refractivity contribution in [2.24, 2.45) is 5.92 Å². The monoisotopic (exact) mass is 503 g/mol. The topological polar surface area (TPSA) is 91.7 Å². The van der Waals surface area contributed by atoms with Crippen LogP contribution in [0.4, 0.5) is 11.4 Å². The molecule has 1 aromatic heterocycles. The summed E-state index contributed by atoms with van der Waals surface area (Å²) >= 11 is 1.20. The molecule has 2 heterocycles. The van der Waals surface area contributed by atoms with Gasteiger partial charge in [0.2, 0.25) is 0 Å². The summed E-state index contributed by atoms with van der Waals surface area (Å²) < 4.78 is 5.14. The first kappa shape index (κ1) is 25.3. The van der Waals surface area contributed by atoms with Crippen LogP contribution in [0.5, 0.6) is 0 Å². The Morgan fingerprint density at radius 2 is 1.69 bits per heavy atom. The van der Waals surface area contributed by atoms with Gasteiger partial charge in [0.25, 0.3) is 17.7 Å². The Kier molecular flexibility index (Phi) is 7.64. The molecule has 0 fully saturated rings. The minimum absolute atomic E-state index is 0.133. The van der Waals surface area contributed by atoms with Crippen LogP contribution in [-0.2, 0) is 9.59 Å². The highest BCUT2D eigenvalue weighted by molar-refractivity contribution is 8.04.